The van der Waals surface area contributed by atoms with Crippen LogP contribution in [0.5, 0.6) is 5.75 Å². The van der Waals surface area contributed by atoms with Crippen LogP contribution >= 0.6 is 11.8 Å². The number of nitrogens with zero attached hydrogens (tertiary/aromatic N) is 3. The first-order valence-corrected chi connectivity index (χ1v) is 10.9. The summed E-state index contributed by atoms with van der Waals surface area (Å²) in [4.78, 5) is 49.2. The van der Waals surface area contributed by atoms with Crippen molar-refractivity contribution in [1.29, 1.82) is 0 Å². The maximum atomic E-state index is 12.9. The fourth-order valence-corrected chi connectivity index (χ4v) is 4.49. The van der Waals surface area contributed by atoms with Gasteiger partial charge in [0.2, 0.25) is 0 Å². The Labute approximate surface area is 194 Å². The predicted octanol–water partition coefficient (Wildman–Crippen LogP) is 4.00. The third-order valence-electron chi connectivity index (χ3n) is 5.21. The van der Waals surface area contributed by atoms with E-state index in [9.17, 15) is 24.5 Å². The normalized spacial score (nSPS) is 15.8. The lowest BCUT2D eigenvalue weighted by Gasteiger charge is -2.19. The predicted molar refractivity (Wildman–Crippen MR) is 122 cm³/mol. The molecule has 1 saturated heterocycles. The van der Waals surface area contributed by atoms with E-state index in [1.54, 1.807) is 30.6 Å². The van der Waals surface area contributed by atoms with Crippen molar-refractivity contribution in [2.75, 3.05) is 13.7 Å². The van der Waals surface area contributed by atoms with Crippen LogP contribution in [0.3, 0.4) is 0 Å². The maximum Gasteiger partial charge on any atom is 0.329 e. The zero-order chi connectivity index (χ0) is 24.4. The fourth-order valence-electron chi connectivity index (χ4n) is 3.59. The Morgan fingerprint density at radius 1 is 1.27 bits per heavy atom. The standard InChI is InChI=1S/C22H23N3O7S/c1-6-32-21(27)14(4)24-20(26)19(33-22(24)28)10-15-9-12(2)23(13(15)3)17-11-16(25(29)30)7-8-18(17)31-5/h7-11,14H,6H2,1-5H3/b19-10+/t14-/m1/s1. The van der Waals surface area contributed by atoms with Crippen molar-refractivity contribution in [3.63, 3.8) is 0 Å². The van der Waals surface area contributed by atoms with Crippen LogP contribution in [0.1, 0.15) is 30.8 Å². The van der Waals surface area contributed by atoms with Gasteiger partial charge in [-0.3, -0.25) is 24.6 Å². The molecule has 0 N–H and O–H groups in total. The number of ether oxygens (including phenoxy) is 2. The number of nitro groups is 1. The molecule has 3 rings (SSSR count). The molecule has 0 spiro atoms. The highest BCUT2D eigenvalue weighted by atomic mass is 32.2. The molecule has 1 aromatic heterocycles. The van der Waals surface area contributed by atoms with Gasteiger partial charge in [-0.05, 0) is 63.2 Å². The largest absolute Gasteiger partial charge is 0.495 e. The molecule has 174 valence electrons. The van der Waals surface area contributed by atoms with Gasteiger partial charge in [-0.15, -0.1) is 0 Å². The average molecular weight is 474 g/mol. The number of carbonyl (C=O) groups is 3. The second-order valence-corrected chi connectivity index (χ2v) is 8.25. The van der Waals surface area contributed by atoms with Crippen LogP contribution in [0.25, 0.3) is 11.8 Å². The Kier molecular flexibility index (Phi) is 6.92. The minimum absolute atomic E-state index is 0.0890. The Morgan fingerprint density at radius 2 is 1.97 bits per heavy atom. The molecule has 1 atom stereocenters. The van der Waals surface area contributed by atoms with Crippen molar-refractivity contribution >= 4 is 40.6 Å². The van der Waals surface area contributed by atoms with Crippen molar-refractivity contribution in [2.45, 2.75) is 33.7 Å². The van der Waals surface area contributed by atoms with Crippen LogP contribution in [0.4, 0.5) is 10.5 Å². The highest BCUT2D eigenvalue weighted by molar-refractivity contribution is 8.18. The van der Waals surface area contributed by atoms with Crippen LogP contribution in [0.15, 0.2) is 29.2 Å². The molecule has 2 heterocycles. The van der Waals surface area contributed by atoms with Crippen LogP contribution < -0.4 is 4.74 Å². The number of hydrogen-bond donors (Lipinski definition) is 0. The minimum atomic E-state index is -1.04. The quantitative estimate of drug-likeness (QED) is 0.256. The van der Waals surface area contributed by atoms with Crippen LogP contribution in [-0.2, 0) is 14.3 Å². The second kappa shape index (κ2) is 9.49. The van der Waals surface area contributed by atoms with Crippen molar-refractivity contribution in [3.8, 4) is 11.4 Å². The molecule has 0 aliphatic carbocycles. The molecule has 11 heteroatoms. The summed E-state index contributed by atoms with van der Waals surface area (Å²) in [6, 6.07) is 5.06. The molecule has 33 heavy (non-hydrogen) atoms. The van der Waals surface area contributed by atoms with Crippen LogP contribution in [0, 0.1) is 24.0 Å². The van der Waals surface area contributed by atoms with Gasteiger partial charge in [0, 0.05) is 23.5 Å². The van der Waals surface area contributed by atoms with Crippen molar-refractivity contribution in [1.82, 2.24) is 9.47 Å². The van der Waals surface area contributed by atoms with E-state index in [4.69, 9.17) is 9.47 Å². The van der Waals surface area contributed by atoms with Gasteiger partial charge in [-0.2, -0.15) is 0 Å². The van der Waals surface area contributed by atoms with Gasteiger partial charge in [0.1, 0.15) is 11.8 Å². The van der Waals surface area contributed by atoms with E-state index in [-0.39, 0.29) is 17.2 Å². The number of aryl methyl sites for hydroxylation is 1. The summed E-state index contributed by atoms with van der Waals surface area (Å²) >= 11 is 0.742. The average Bonchev–Trinajstić information content (AvgIpc) is 3.21. The van der Waals surface area contributed by atoms with Gasteiger partial charge in [0.25, 0.3) is 16.8 Å². The minimum Gasteiger partial charge on any atom is -0.495 e. The number of imide groups is 1. The lowest BCUT2D eigenvalue weighted by molar-refractivity contribution is -0.384. The third kappa shape index (κ3) is 4.49. The number of hydrogen-bond acceptors (Lipinski definition) is 8. The lowest BCUT2D eigenvalue weighted by atomic mass is 10.2. The van der Waals surface area contributed by atoms with Crippen LogP contribution in [-0.4, -0.2) is 51.3 Å². The van der Waals surface area contributed by atoms with E-state index in [1.165, 1.54) is 32.2 Å². The topological polar surface area (TPSA) is 121 Å². The zero-order valence-electron chi connectivity index (χ0n) is 18.8. The van der Waals surface area contributed by atoms with E-state index in [0.717, 1.165) is 22.4 Å². The van der Waals surface area contributed by atoms with E-state index in [1.807, 2.05) is 6.92 Å². The molecule has 1 aromatic carbocycles. The summed E-state index contributed by atoms with van der Waals surface area (Å²) in [6.45, 7) is 6.84. The maximum absolute atomic E-state index is 12.9. The van der Waals surface area contributed by atoms with Gasteiger partial charge < -0.3 is 14.0 Å². The third-order valence-corrected chi connectivity index (χ3v) is 6.09. The van der Waals surface area contributed by atoms with E-state index < -0.39 is 28.1 Å². The summed E-state index contributed by atoms with van der Waals surface area (Å²) in [5.41, 5.74) is 2.47. The molecular formula is C22H23N3O7S. The van der Waals surface area contributed by atoms with Gasteiger partial charge >= 0.3 is 5.97 Å². The van der Waals surface area contributed by atoms with Gasteiger partial charge in [0.15, 0.2) is 0 Å². The number of aromatic nitrogens is 1. The molecule has 2 aromatic rings. The second-order valence-electron chi connectivity index (χ2n) is 7.25. The van der Waals surface area contributed by atoms with E-state index in [0.29, 0.717) is 22.7 Å². The zero-order valence-corrected chi connectivity index (χ0v) is 19.6. The first-order valence-electron chi connectivity index (χ1n) is 10.1. The Morgan fingerprint density at radius 3 is 2.58 bits per heavy atom. The number of benzene rings is 1. The first kappa shape index (κ1) is 24.1. The van der Waals surface area contributed by atoms with Crippen molar-refractivity contribution < 1.29 is 28.8 Å². The number of esters is 1. The summed E-state index contributed by atoms with van der Waals surface area (Å²) in [7, 11) is 1.47. The summed E-state index contributed by atoms with van der Waals surface area (Å²) in [5, 5.41) is 10.7. The number of non-ortho nitro benzene ring substituents is 1. The molecule has 1 aliphatic heterocycles. The number of amides is 2. The first-order chi connectivity index (χ1) is 15.6. The molecule has 10 nitrogen and oxygen atoms in total. The SMILES string of the molecule is CCOC(=O)[C@@H](C)N1C(=O)S/C(=C/c2cc(C)n(-c3cc([N+](=O)[O-])ccc3OC)c2C)C1=O. The lowest BCUT2D eigenvalue weighted by Crippen LogP contribution is -2.42. The Bertz CT molecular complexity index is 1180. The van der Waals surface area contributed by atoms with Gasteiger partial charge in [0.05, 0.1) is 29.2 Å². The summed E-state index contributed by atoms with van der Waals surface area (Å²) in [6.07, 6.45) is 1.57. The highest BCUT2D eigenvalue weighted by Crippen LogP contribution is 2.36. The smallest absolute Gasteiger partial charge is 0.329 e. The van der Waals surface area contributed by atoms with Gasteiger partial charge in [-0.25, -0.2) is 4.79 Å². The molecule has 1 fully saturated rings. The van der Waals surface area contributed by atoms with E-state index in [2.05, 4.69) is 0 Å². The summed E-state index contributed by atoms with van der Waals surface area (Å²) < 4.78 is 12.1. The molecule has 1 aliphatic rings. The molecule has 0 saturated carbocycles. The van der Waals surface area contributed by atoms with Crippen LogP contribution in [0.2, 0.25) is 0 Å². The number of carbonyl (C=O) groups excluding carboxylic acids is 3. The number of methoxy groups -OCH3 is 1. The van der Waals surface area contributed by atoms with E-state index >= 15 is 0 Å². The number of thioether (sulfide) groups is 1. The molecule has 0 bridgehead atoms. The van der Waals surface area contributed by atoms with Gasteiger partial charge in [-0.1, -0.05) is 0 Å². The van der Waals surface area contributed by atoms with Crippen molar-refractivity contribution in [2.24, 2.45) is 0 Å². The molecule has 0 radical (unpaired) electrons. The summed E-state index contributed by atoms with van der Waals surface area (Å²) in [5.74, 6) is -0.794. The van der Waals surface area contributed by atoms with Crippen molar-refractivity contribution in [3.05, 3.63) is 56.2 Å². The number of rotatable bonds is 7. The molecule has 0 unspecified atom stereocenters. The monoisotopic (exact) mass is 473 g/mol. The Hall–Kier alpha value is -3.60. The molecule has 2 amide bonds. The fraction of sp³-hybridized carbons (Fsp3) is 0.318. The highest BCUT2D eigenvalue weighted by Gasteiger charge is 2.41. The Balaban J connectivity index is 2.01. The number of nitro benzene ring substituents is 1. The molecular weight excluding hydrogens is 450 g/mol.